The van der Waals surface area contributed by atoms with E-state index in [0.29, 0.717) is 0 Å². The van der Waals surface area contributed by atoms with E-state index in [1.807, 2.05) is 4.41 Å². The van der Waals surface area contributed by atoms with Gasteiger partial charge in [-0.05, 0) is 19.3 Å². The topological polar surface area (TPSA) is 32.3 Å². The standard InChI is InChI=1S/C7H16N2OS/c1-2-7-11(10)9-6-4-3-5-8-9/h8H,2-7H2,1H3. The van der Waals surface area contributed by atoms with Gasteiger partial charge in [-0.1, -0.05) is 6.92 Å². The van der Waals surface area contributed by atoms with Gasteiger partial charge in [0.15, 0.2) is 0 Å². The predicted octanol–water partition coefficient (Wildman–Crippen LogP) is 0.661. The molecule has 11 heavy (non-hydrogen) atoms. The molecule has 0 saturated carbocycles. The van der Waals surface area contributed by atoms with Crippen molar-refractivity contribution in [2.45, 2.75) is 26.2 Å². The highest BCUT2D eigenvalue weighted by molar-refractivity contribution is 7.82. The molecule has 1 fully saturated rings. The van der Waals surface area contributed by atoms with Gasteiger partial charge in [-0.15, -0.1) is 0 Å². The minimum atomic E-state index is -0.784. The van der Waals surface area contributed by atoms with Crippen LogP contribution in [0.2, 0.25) is 0 Å². The van der Waals surface area contributed by atoms with Crippen LogP contribution in [0.15, 0.2) is 0 Å². The van der Waals surface area contributed by atoms with Gasteiger partial charge in [-0.25, -0.2) is 9.63 Å². The fourth-order valence-corrected chi connectivity index (χ4v) is 2.26. The van der Waals surface area contributed by atoms with Crippen molar-refractivity contribution in [2.24, 2.45) is 0 Å². The average molecular weight is 176 g/mol. The molecule has 66 valence electrons. The molecule has 0 radical (unpaired) electrons. The van der Waals surface area contributed by atoms with Crippen LogP contribution < -0.4 is 5.43 Å². The molecule has 4 heteroatoms. The van der Waals surface area contributed by atoms with Crippen molar-refractivity contribution in [1.82, 2.24) is 9.84 Å². The van der Waals surface area contributed by atoms with Crippen molar-refractivity contribution in [3.05, 3.63) is 0 Å². The number of rotatable bonds is 3. The minimum absolute atomic E-state index is 0.784. The Labute approximate surface area is 70.7 Å². The summed E-state index contributed by atoms with van der Waals surface area (Å²) in [6, 6.07) is 0. The molecule has 0 bridgehead atoms. The molecule has 1 aliphatic rings. The second-order valence-electron chi connectivity index (χ2n) is 2.74. The van der Waals surface area contributed by atoms with E-state index in [0.717, 1.165) is 25.3 Å². The van der Waals surface area contributed by atoms with Crippen LogP contribution >= 0.6 is 0 Å². The van der Waals surface area contributed by atoms with Crippen molar-refractivity contribution in [3.63, 3.8) is 0 Å². The highest BCUT2D eigenvalue weighted by atomic mass is 32.2. The molecule has 0 aliphatic carbocycles. The largest absolute Gasteiger partial charge is 0.243 e. The van der Waals surface area contributed by atoms with E-state index >= 15 is 0 Å². The van der Waals surface area contributed by atoms with E-state index in [1.54, 1.807) is 0 Å². The fraction of sp³-hybridized carbons (Fsp3) is 1.00. The lowest BCUT2D eigenvalue weighted by Gasteiger charge is -2.25. The summed E-state index contributed by atoms with van der Waals surface area (Å²) in [5.41, 5.74) is 3.14. The molecule has 0 amide bonds. The minimum Gasteiger partial charge on any atom is -0.243 e. The normalized spacial score (nSPS) is 23.4. The predicted molar refractivity (Wildman–Crippen MR) is 47.2 cm³/mol. The number of nitrogens with one attached hydrogen (secondary N) is 1. The maximum atomic E-state index is 11.4. The van der Waals surface area contributed by atoms with E-state index < -0.39 is 11.0 Å². The maximum absolute atomic E-state index is 11.4. The Morgan fingerprint density at radius 1 is 1.55 bits per heavy atom. The summed E-state index contributed by atoms with van der Waals surface area (Å²) in [7, 11) is -0.784. The van der Waals surface area contributed by atoms with Crippen LogP contribution in [0.5, 0.6) is 0 Å². The zero-order valence-corrected chi connectivity index (χ0v) is 7.82. The van der Waals surface area contributed by atoms with Crippen LogP contribution in [-0.4, -0.2) is 27.5 Å². The lowest BCUT2D eigenvalue weighted by molar-refractivity contribution is 0.282. The van der Waals surface area contributed by atoms with Gasteiger partial charge in [0.05, 0.1) is 0 Å². The highest BCUT2D eigenvalue weighted by Crippen LogP contribution is 2.02. The summed E-state index contributed by atoms with van der Waals surface area (Å²) in [5.74, 6) is 0.785. The zero-order valence-electron chi connectivity index (χ0n) is 7.01. The van der Waals surface area contributed by atoms with Crippen LogP contribution in [0, 0.1) is 0 Å². The van der Waals surface area contributed by atoms with E-state index in [4.69, 9.17) is 0 Å². The molecule has 1 aliphatic heterocycles. The molecule has 0 aromatic carbocycles. The lowest BCUT2D eigenvalue weighted by Crippen LogP contribution is -2.44. The molecule has 1 atom stereocenters. The van der Waals surface area contributed by atoms with Crippen molar-refractivity contribution in [2.75, 3.05) is 18.8 Å². The van der Waals surface area contributed by atoms with Crippen LogP contribution in [0.4, 0.5) is 0 Å². The van der Waals surface area contributed by atoms with Gasteiger partial charge in [0.1, 0.15) is 11.0 Å². The summed E-state index contributed by atoms with van der Waals surface area (Å²) in [5, 5.41) is 0. The SMILES string of the molecule is CCCS(=O)N1CCCCN1. The third-order valence-electron chi connectivity index (χ3n) is 1.70. The van der Waals surface area contributed by atoms with Crippen molar-refractivity contribution in [1.29, 1.82) is 0 Å². The summed E-state index contributed by atoms with van der Waals surface area (Å²) < 4.78 is 13.2. The molecule has 3 nitrogen and oxygen atoms in total. The molecule has 0 spiro atoms. The zero-order chi connectivity index (χ0) is 8.10. The molecule has 1 saturated heterocycles. The number of hydrogen-bond donors (Lipinski definition) is 1. The first kappa shape index (κ1) is 9.16. The Balaban J connectivity index is 2.27. The number of hydrazine groups is 1. The molecular formula is C7H16N2OS. The van der Waals surface area contributed by atoms with Gasteiger partial charge >= 0.3 is 0 Å². The molecule has 1 unspecified atom stereocenters. The Morgan fingerprint density at radius 2 is 2.36 bits per heavy atom. The molecule has 0 aromatic heterocycles. The summed E-state index contributed by atoms with van der Waals surface area (Å²) in [6.07, 6.45) is 3.37. The van der Waals surface area contributed by atoms with Gasteiger partial charge in [0.25, 0.3) is 0 Å². The summed E-state index contributed by atoms with van der Waals surface area (Å²) in [6.45, 7) is 3.98. The monoisotopic (exact) mass is 176 g/mol. The van der Waals surface area contributed by atoms with E-state index in [1.165, 1.54) is 12.8 Å². The summed E-state index contributed by atoms with van der Waals surface area (Å²) in [4.78, 5) is 0. The van der Waals surface area contributed by atoms with E-state index in [9.17, 15) is 4.21 Å². The third kappa shape index (κ3) is 2.89. The lowest BCUT2D eigenvalue weighted by atomic mass is 10.3. The van der Waals surface area contributed by atoms with Crippen molar-refractivity contribution in [3.8, 4) is 0 Å². The van der Waals surface area contributed by atoms with Gasteiger partial charge < -0.3 is 0 Å². The molecule has 0 aromatic rings. The quantitative estimate of drug-likeness (QED) is 0.685. The van der Waals surface area contributed by atoms with Gasteiger partial charge in [0.2, 0.25) is 0 Å². The second kappa shape index (κ2) is 4.85. The van der Waals surface area contributed by atoms with Gasteiger partial charge in [0, 0.05) is 18.8 Å². The first-order valence-electron chi connectivity index (χ1n) is 4.24. The molecule has 1 N–H and O–H groups in total. The molecule has 1 rings (SSSR count). The van der Waals surface area contributed by atoms with Crippen LogP contribution in [-0.2, 0) is 11.0 Å². The van der Waals surface area contributed by atoms with E-state index in [2.05, 4.69) is 12.3 Å². The van der Waals surface area contributed by atoms with Crippen LogP contribution in [0.25, 0.3) is 0 Å². The van der Waals surface area contributed by atoms with Crippen LogP contribution in [0.1, 0.15) is 26.2 Å². The Hall–Kier alpha value is 0.0700. The van der Waals surface area contributed by atoms with Crippen molar-refractivity contribution < 1.29 is 4.21 Å². The Morgan fingerprint density at radius 3 is 2.91 bits per heavy atom. The van der Waals surface area contributed by atoms with Gasteiger partial charge in [-0.2, -0.15) is 4.41 Å². The molecule has 1 heterocycles. The summed E-state index contributed by atoms with van der Waals surface area (Å²) >= 11 is 0. The first-order valence-corrected chi connectivity index (χ1v) is 5.51. The van der Waals surface area contributed by atoms with Gasteiger partial charge in [-0.3, -0.25) is 0 Å². The smallest absolute Gasteiger partial charge is 0.108 e. The molecular weight excluding hydrogens is 160 g/mol. The number of hydrogen-bond acceptors (Lipinski definition) is 2. The Bertz CT molecular complexity index is 134. The fourth-order valence-electron chi connectivity index (χ4n) is 1.12. The maximum Gasteiger partial charge on any atom is 0.108 e. The first-order chi connectivity index (χ1) is 5.34. The third-order valence-corrected chi connectivity index (χ3v) is 3.26. The second-order valence-corrected chi connectivity index (χ2v) is 4.23. The number of nitrogens with zero attached hydrogens (tertiary/aromatic N) is 1. The van der Waals surface area contributed by atoms with Crippen molar-refractivity contribution >= 4 is 11.0 Å². The van der Waals surface area contributed by atoms with Crippen LogP contribution in [0.3, 0.4) is 0 Å². The van der Waals surface area contributed by atoms with E-state index in [-0.39, 0.29) is 0 Å². The Kier molecular flexibility index (Phi) is 4.04. The average Bonchev–Trinajstić information content (AvgIpc) is 2.07. The highest BCUT2D eigenvalue weighted by Gasteiger charge is 2.14.